The van der Waals surface area contributed by atoms with Crippen LogP contribution >= 0.6 is 0 Å². The van der Waals surface area contributed by atoms with Crippen LogP contribution in [-0.2, 0) is 13.1 Å². The Hall–Kier alpha value is -2.81. The van der Waals surface area contributed by atoms with E-state index in [1.807, 2.05) is 26.5 Å². The minimum absolute atomic E-state index is 0.124. The van der Waals surface area contributed by atoms with Crippen LogP contribution in [0.5, 0.6) is 0 Å². The molecule has 2 aliphatic heterocycles. The van der Waals surface area contributed by atoms with Gasteiger partial charge in [0.25, 0.3) is 0 Å². The van der Waals surface area contributed by atoms with Gasteiger partial charge in [0.05, 0.1) is 6.54 Å². The molecule has 0 atom stereocenters. The van der Waals surface area contributed by atoms with Crippen molar-refractivity contribution in [3.05, 3.63) is 47.0 Å². The van der Waals surface area contributed by atoms with Crippen molar-refractivity contribution < 1.29 is 4.79 Å². The molecule has 1 aromatic heterocycles. The number of rotatable bonds is 0. The summed E-state index contributed by atoms with van der Waals surface area (Å²) < 4.78 is 2.02. The molecular weight excluding hydrogens is 314 g/mol. The smallest absolute Gasteiger partial charge is 0.320 e. The van der Waals surface area contributed by atoms with Gasteiger partial charge in [-0.05, 0) is 43.4 Å². The van der Waals surface area contributed by atoms with Crippen molar-refractivity contribution in [1.82, 2.24) is 24.6 Å². The Labute approximate surface area is 147 Å². The average Bonchev–Trinajstić information content (AvgIpc) is 3.29. The summed E-state index contributed by atoms with van der Waals surface area (Å²) in [5.41, 5.74) is 2.16. The molecule has 0 N–H and O–H groups in total. The third kappa shape index (κ3) is 3.22. The molecule has 0 aliphatic carbocycles. The molecule has 6 nitrogen and oxygen atoms in total. The van der Waals surface area contributed by atoms with Gasteiger partial charge in [-0.25, -0.2) is 4.79 Å². The van der Waals surface area contributed by atoms with Gasteiger partial charge < -0.3 is 14.4 Å². The van der Waals surface area contributed by atoms with Crippen LogP contribution in [0.15, 0.2) is 24.3 Å². The van der Waals surface area contributed by atoms with E-state index in [1.54, 1.807) is 0 Å². The lowest BCUT2D eigenvalue weighted by molar-refractivity contribution is 0.148. The van der Waals surface area contributed by atoms with Crippen LogP contribution in [-0.4, -0.2) is 50.2 Å². The number of carbonyl (C=O) groups excluding carboxylic acids is 1. The second-order valence-corrected chi connectivity index (χ2v) is 6.61. The van der Waals surface area contributed by atoms with E-state index in [9.17, 15) is 4.79 Å². The zero-order valence-electron chi connectivity index (χ0n) is 14.4. The number of aryl methyl sites for hydroxylation is 1. The molecule has 0 bridgehead atoms. The van der Waals surface area contributed by atoms with Crippen LogP contribution in [0.2, 0.25) is 0 Å². The highest BCUT2D eigenvalue weighted by Crippen LogP contribution is 2.17. The van der Waals surface area contributed by atoms with E-state index in [4.69, 9.17) is 0 Å². The standard InChI is InChI=1S/C19H21N5O/c1-15-5-4-6-16(13-15)7-8-17-20-21-18-14-23(11-12-24(17)18)19(25)22-9-2-3-10-22/h4-6,13H,2-3,9-12,14H2,1H3. The third-order valence-electron chi connectivity index (χ3n) is 4.74. The first-order valence-corrected chi connectivity index (χ1v) is 8.75. The summed E-state index contributed by atoms with van der Waals surface area (Å²) in [7, 11) is 0. The van der Waals surface area contributed by atoms with Crippen LogP contribution in [0, 0.1) is 18.8 Å². The zero-order valence-corrected chi connectivity index (χ0v) is 14.4. The monoisotopic (exact) mass is 335 g/mol. The molecule has 0 spiro atoms. The molecule has 6 heteroatoms. The second kappa shape index (κ2) is 6.60. The first kappa shape index (κ1) is 15.7. The summed E-state index contributed by atoms with van der Waals surface area (Å²) in [4.78, 5) is 16.3. The highest BCUT2D eigenvalue weighted by Gasteiger charge is 2.28. The van der Waals surface area contributed by atoms with Gasteiger partial charge in [-0.15, -0.1) is 10.2 Å². The molecular formula is C19H21N5O. The maximum Gasteiger partial charge on any atom is 0.320 e. The number of fused-ring (bicyclic) bond motifs is 1. The largest absolute Gasteiger partial charge is 0.325 e. The maximum absolute atomic E-state index is 12.5. The highest BCUT2D eigenvalue weighted by molar-refractivity contribution is 5.74. The fraction of sp³-hybridized carbons (Fsp3) is 0.421. The number of urea groups is 1. The number of amides is 2. The first-order valence-electron chi connectivity index (χ1n) is 8.75. The van der Waals surface area contributed by atoms with Gasteiger partial charge in [0, 0.05) is 31.7 Å². The van der Waals surface area contributed by atoms with Crippen LogP contribution in [0.25, 0.3) is 0 Å². The fourth-order valence-corrected chi connectivity index (χ4v) is 3.37. The van der Waals surface area contributed by atoms with Gasteiger partial charge in [-0.2, -0.15) is 0 Å². The van der Waals surface area contributed by atoms with Crippen LogP contribution in [0.4, 0.5) is 4.79 Å². The summed E-state index contributed by atoms with van der Waals surface area (Å²) in [5.74, 6) is 7.76. The lowest BCUT2D eigenvalue weighted by Gasteiger charge is -2.31. The van der Waals surface area contributed by atoms with Crippen LogP contribution < -0.4 is 0 Å². The summed E-state index contributed by atoms with van der Waals surface area (Å²) >= 11 is 0. The quantitative estimate of drug-likeness (QED) is 0.692. The average molecular weight is 335 g/mol. The SMILES string of the molecule is Cc1cccc(C#Cc2nnc3n2CCN(C(=O)N2CCCC2)C3)c1. The highest BCUT2D eigenvalue weighted by atomic mass is 16.2. The number of hydrogen-bond donors (Lipinski definition) is 0. The molecule has 4 rings (SSSR count). The predicted octanol–water partition coefficient (Wildman–Crippen LogP) is 2.02. The van der Waals surface area contributed by atoms with Crippen molar-refractivity contribution in [2.75, 3.05) is 19.6 Å². The number of benzene rings is 1. The Kier molecular flexibility index (Phi) is 4.14. The lowest BCUT2D eigenvalue weighted by Crippen LogP contribution is -2.45. The van der Waals surface area contributed by atoms with Gasteiger partial charge in [0.1, 0.15) is 0 Å². The van der Waals surface area contributed by atoms with Crippen molar-refractivity contribution in [3.8, 4) is 11.8 Å². The topological polar surface area (TPSA) is 54.3 Å². The molecule has 0 unspecified atom stereocenters. The lowest BCUT2D eigenvalue weighted by atomic mass is 10.1. The molecule has 1 fully saturated rings. The molecule has 3 heterocycles. The summed E-state index contributed by atoms with van der Waals surface area (Å²) in [6.45, 7) is 5.67. The predicted molar refractivity (Wildman–Crippen MR) is 93.8 cm³/mol. The fourth-order valence-electron chi connectivity index (χ4n) is 3.37. The van der Waals surface area contributed by atoms with Gasteiger partial charge in [0.2, 0.25) is 5.82 Å². The van der Waals surface area contributed by atoms with Crippen molar-refractivity contribution in [2.24, 2.45) is 0 Å². The molecule has 2 aliphatic rings. The Morgan fingerprint density at radius 1 is 1.04 bits per heavy atom. The van der Waals surface area contributed by atoms with E-state index in [1.165, 1.54) is 5.56 Å². The zero-order chi connectivity index (χ0) is 17.2. The van der Waals surface area contributed by atoms with Gasteiger partial charge in [-0.3, -0.25) is 0 Å². The Morgan fingerprint density at radius 3 is 2.68 bits per heavy atom. The van der Waals surface area contributed by atoms with E-state index in [0.717, 1.165) is 37.3 Å². The Balaban J connectivity index is 1.50. The summed E-state index contributed by atoms with van der Waals surface area (Å²) in [6.07, 6.45) is 2.21. The van der Waals surface area contributed by atoms with E-state index < -0.39 is 0 Å². The minimum Gasteiger partial charge on any atom is -0.325 e. The molecule has 2 aromatic rings. The van der Waals surface area contributed by atoms with E-state index >= 15 is 0 Å². The van der Waals surface area contributed by atoms with Crippen molar-refractivity contribution in [1.29, 1.82) is 0 Å². The molecule has 0 radical (unpaired) electrons. The third-order valence-corrected chi connectivity index (χ3v) is 4.74. The van der Waals surface area contributed by atoms with Gasteiger partial charge >= 0.3 is 6.03 Å². The summed E-state index contributed by atoms with van der Waals surface area (Å²) in [5, 5.41) is 8.46. The number of aromatic nitrogens is 3. The molecule has 0 saturated carbocycles. The van der Waals surface area contributed by atoms with Gasteiger partial charge in [-0.1, -0.05) is 18.1 Å². The summed E-state index contributed by atoms with van der Waals surface area (Å²) in [6, 6.07) is 8.22. The van der Waals surface area contributed by atoms with Crippen molar-refractivity contribution in [3.63, 3.8) is 0 Å². The minimum atomic E-state index is 0.124. The Morgan fingerprint density at radius 2 is 1.88 bits per heavy atom. The normalized spacial score (nSPS) is 16.4. The van der Waals surface area contributed by atoms with Crippen molar-refractivity contribution in [2.45, 2.75) is 32.9 Å². The van der Waals surface area contributed by atoms with E-state index in [2.05, 4.69) is 41.1 Å². The van der Waals surface area contributed by atoms with Crippen molar-refractivity contribution >= 4 is 6.03 Å². The van der Waals surface area contributed by atoms with Crippen LogP contribution in [0.1, 0.15) is 35.6 Å². The van der Waals surface area contributed by atoms with Crippen LogP contribution in [0.3, 0.4) is 0 Å². The number of hydrogen-bond acceptors (Lipinski definition) is 3. The molecule has 25 heavy (non-hydrogen) atoms. The molecule has 2 amide bonds. The van der Waals surface area contributed by atoms with E-state index in [0.29, 0.717) is 25.5 Å². The van der Waals surface area contributed by atoms with E-state index in [-0.39, 0.29) is 6.03 Å². The Bertz CT molecular complexity index is 854. The molecule has 1 aromatic carbocycles. The second-order valence-electron chi connectivity index (χ2n) is 6.61. The first-order chi connectivity index (χ1) is 12.2. The number of carbonyl (C=O) groups is 1. The molecule has 128 valence electrons. The number of likely N-dealkylation sites (tertiary alicyclic amines) is 1. The van der Waals surface area contributed by atoms with Gasteiger partial charge in [0.15, 0.2) is 5.82 Å². The number of nitrogens with zero attached hydrogens (tertiary/aromatic N) is 5. The maximum atomic E-state index is 12.5. The molecule has 1 saturated heterocycles.